The predicted octanol–water partition coefficient (Wildman–Crippen LogP) is 3.49. The molecule has 0 radical (unpaired) electrons. The predicted molar refractivity (Wildman–Crippen MR) is 79.6 cm³/mol. The summed E-state index contributed by atoms with van der Waals surface area (Å²) >= 11 is 0. The summed E-state index contributed by atoms with van der Waals surface area (Å²) in [5.74, 6) is -0.130. The van der Waals surface area contributed by atoms with Gasteiger partial charge in [-0.25, -0.2) is 0 Å². The van der Waals surface area contributed by atoms with Crippen LogP contribution in [0.15, 0.2) is 36.4 Å². The number of anilines is 1. The van der Waals surface area contributed by atoms with Gasteiger partial charge in [0.05, 0.1) is 16.5 Å². The summed E-state index contributed by atoms with van der Waals surface area (Å²) in [5.41, 5.74) is 1.37. The minimum atomic E-state index is -0.493. The number of aryl methyl sites for hydroxylation is 1. The summed E-state index contributed by atoms with van der Waals surface area (Å²) in [5, 5.41) is 33.7. The second-order valence-electron chi connectivity index (χ2n) is 4.85. The summed E-state index contributed by atoms with van der Waals surface area (Å²) in [6.07, 6.45) is 0. The van der Waals surface area contributed by atoms with E-state index in [1.54, 1.807) is 26.0 Å². The number of nitro groups is 1. The Kier molecular flexibility index (Phi) is 3.98. The third-order valence-corrected chi connectivity index (χ3v) is 3.22. The minimum absolute atomic E-state index is 0.0447. The van der Waals surface area contributed by atoms with Crippen LogP contribution < -0.4 is 5.32 Å². The highest BCUT2D eigenvalue weighted by Crippen LogP contribution is 2.36. The average Bonchev–Trinajstić information content (AvgIpc) is 2.40. The molecule has 0 saturated carbocycles. The van der Waals surface area contributed by atoms with E-state index in [0.29, 0.717) is 11.3 Å². The van der Waals surface area contributed by atoms with Gasteiger partial charge >= 0.3 is 0 Å². The lowest BCUT2D eigenvalue weighted by atomic mass is 10.0. The first-order valence-electron chi connectivity index (χ1n) is 6.42. The molecule has 0 aliphatic rings. The quantitative estimate of drug-likeness (QED) is 0.591. The zero-order chi connectivity index (χ0) is 15.6. The van der Waals surface area contributed by atoms with E-state index >= 15 is 0 Å². The molecule has 2 aromatic rings. The van der Waals surface area contributed by atoms with E-state index in [9.17, 15) is 20.3 Å². The standard InChI is InChI=1S/C15H16N2O4/c1-9-6-7-11(12(8-9)17(20)21)16-10(2)15-13(18)4-3-5-14(15)19/h3-8,10,16,18-19H,1-2H3. The van der Waals surface area contributed by atoms with Crippen molar-refractivity contribution >= 4 is 11.4 Å². The highest BCUT2D eigenvalue weighted by atomic mass is 16.6. The molecule has 0 aromatic heterocycles. The topological polar surface area (TPSA) is 95.6 Å². The van der Waals surface area contributed by atoms with Gasteiger partial charge in [-0.2, -0.15) is 0 Å². The molecule has 110 valence electrons. The van der Waals surface area contributed by atoms with Gasteiger partial charge in [-0.05, 0) is 37.6 Å². The molecule has 0 aliphatic heterocycles. The number of nitrogens with zero attached hydrogens (tertiary/aromatic N) is 1. The van der Waals surface area contributed by atoms with Crippen LogP contribution in [0.4, 0.5) is 11.4 Å². The van der Waals surface area contributed by atoms with E-state index in [2.05, 4.69) is 5.32 Å². The van der Waals surface area contributed by atoms with Crippen LogP contribution in [0.2, 0.25) is 0 Å². The first-order chi connectivity index (χ1) is 9.90. The fourth-order valence-electron chi connectivity index (χ4n) is 2.21. The number of hydrogen-bond donors (Lipinski definition) is 3. The highest BCUT2D eigenvalue weighted by molar-refractivity contribution is 5.64. The second kappa shape index (κ2) is 5.70. The molecule has 2 rings (SSSR count). The van der Waals surface area contributed by atoms with Crippen LogP contribution in [0.3, 0.4) is 0 Å². The number of nitrogens with one attached hydrogen (secondary N) is 1. The molecule has 1 atom stereocenters. The van der Waals surface area contributed by atoms with E-state index in [4.69, 9.17) is 0 Å². The Morgan fingerprint density at radius 3 is 2.38 bits per heavy atom. The molecule has 21 heavy (non-hydrogen) atoms. The molecular weight excluding hydrogens is 272 g/mol. The molecule has 0 saturated heterocycles. The largest absolute Gasteiger partial charge is 0.507 e. The first kappa shape index (κ1) is 14.6. The van der Waals surface area contributed by atoms with Gasteiger partial charge in [0.15, 0.2) is 0 Å². The second-order valence-corrected chi connectivity index (χ2v) is 4.85. The number of hydrogen-bond acceptors (Lipinski definition) is 5. The fourth-order valence-corrected chi connectivity index (χ4v) is 2.21. The molecule has 3 N–H and O–H groups in total. The Morgan fingerprint density at radius 1 is 1.19 bits per heavy atom. The fraction of sp³-hybridized carbons (Fsp3) is 0.200. The van der Waals surface area contributed by atoms with E-state index in [-0.39, 0.29) is 17.2 Å². The van der Waals surface area contributed by atoms with Crippen molar-refractivity contribution in [2.24, 2.45) is 0 Å². The molecule has 6 nitrogen and oxygen atoms in total. The Balaban J connectivity index is 2.36. The van der Waals surface area contributed by atoms with Gasteiger partial charge in [0.1, 0.15) is 17.2 Å². The first-order valence-corrected chi connectivity index (χ1v) is 6.42. The maximum atomic E-state index is 11.1. The average molecular weight is 288 g/mol. The molecule has 6 heteroatoms. The Morgan fingerprint density at radius 2 is 1.81 bits per heavy atom. The Labute approximate surface area is 121 Å². The third kappa shape index (κ3) is 3.05. The summed E-state index contributed by atoms with van der Waals surface area (Å²) in [4.78, 5) is 10.6. The lowest BCUT2D eigenvalue weighted by Crippen LogP contribution is -2.09. The summed E-state index contributed by atoms with van der Waals surface area (Å²) in [6, 6.07) is 8.78. The number of nitro benzene ring substituents is 1. The van der Waals surface area contributed by atoms with Gasteiger partial charge in [0.25, 0.3) is 5.69 Å². The van der Waals surface area contributed by atoms with Gasteiger partial charge in [-0.1, -0.05) is 12.1 Å². The Bertz CT molecular complexity index is 665. The van der Waals surface area contributed by atoms with Crippen LogP contribution in [-0.4, -0.2) is 15.1 Å². The van der Waals surface area contributed by atoms with Crippen LogP contribution in [0, 0.1) is 17.0 Å². The summed E-state index contributed by atoms with van der Waals surface area (Å²) in [7, 11) is 0. The molecule has 0 heterocycles. The normalized spacial score (nSPS) is 11.9. The lowest BCUT2D eigenvalue weighted by Gasteiger charge is -2.18. The molecule has 2 aromatic carbocycles. The summed E-state index contributed by atoms with van der Waals surface area (Å²) < 4.78 is 0. The number of rotatable bonds is 4. The van der Waals surface area contributed by atoms with E-state index in [0.717, 1.165) is 5.56 Å². The SMILES string of the molecule is Cc1ccc(NC(C)c2c(O)cccc2O)c([N+](=O)[O-])c1. The van der Waals surface area contributed by atoms with E-state index < -0.39 is 11.0 Å². The maximum Gasteiger partial charge on any atom is 0.292 e. The van der Waals surface area contributed by atoms with Crippen molar-refractivity contribution in [2.75, 3.05) is 5.32 Å². The van der Waals surface area contributed by atoms with Crippen molar-refractivity contribution in [3.05, 3.63) is 57.6 Å². The van der Waals surface area contributed by atoms with Gasteiger partial charge in [-0.15, -0.1) is 0 Å². The van der Waals surface area contributed by atoms with Crippen molar-refractivity contribution in [1.82, 2.24) is 0 Å². The maximum absolute atomic E-state index is 11.1. The van der Waals surface area contributed by atoms with Gasteiger partial charge < -0.3 is 15.5 Å². The van der Waals surface area contributed by atoms with E-state index in [1.807, 2.05) is 0 Å². The molecule has 0 fully saturated rings. The number of phenolic OH excluding ortho intramolecular Hbond substituents is 2. The highest BCUT2D eigenvalue weighted by Gasteiger charge is 2.19. The monoisotopic (exact) mass is 288 g/mol. The molecule has 1 unspecified atom stereocenters. The molecule has 0 bridgehead atoms. The molecule has 0 amide bonds. The van der Waals surface area contributed by atoms with Crippen LogP contribution in [-0.2, 0) is 0 Å². The zero-order valence-corrected chi connectivity index (χ0v) is 11.7. The van der Waals surface area contributed by atoms with Gasteiger partial charge in [0, 0.05) is 6.07 Å². The number of benzene rings is 2. The zero-order valence-electron chi connectivity index (χ0n) is 11.7. The Hall–Kier alpha value is -2.76. The smallest absolute Gasteiger partial charge is 0.292 e. The van der Waals surface area contributed by atoms with Crippen LogP contribution in [0.25, 0.3) is 0 Å². The number of phenols is 2. The number of aromatic hydroxyl groups is 2. The summed E-state index contributed by atoms with van der Waals surface area (Å²) in [6.45, 7) is 3.48. The molecular formula is C15H16N2O4. The van der Waals surface area contributed by atoms with E-state index in [1.165, 1.54) is 24.3 Å². The third-order valence-electron chi connectivity index (χ3n) is 3.22. The van der Waals surface area contributed by atoms with Crippen LogP contribution >= 0.6 is 0 Å². The van der Waals surface area contributed by atoms with Gasteiger partial charge in [0.2, 0.25) is 0 Å². The molecule has 0 aliphatic carbocycles. The van der Waals surface area contributed by atoms with Crippen molar-refractivity contribution in [2.45, 2.75) is 19.9 Å². The van der Waals surface area contributed by atoms with Crippen LogP contribution in [0.1, 0.15) is 24.1 Å². The van der Waals surface area contributed by atoms with Crippen molar-refractivity contribution in [3.63, 3.8) is 0 Å². The van der Waals surface area contributed by atoms with Crippen LogP contribution in [0.5, 0.6) is 11.5 Å². The van der Waals surface area contributed by atoms with Crippen molar-refractivity contribution in [3.8, 4) is 11.5 Å². The van der Waals surface area contributed by atoms with Gasteiger partial charge in [-0.3, -0.25) is 10.1 Å². The minimum Gasteiger partial charge on any atom is -0.507 e. The molecule has 0 spiro atoms. The van der Waals surface area contributed by atoms with Crippen molar-refractivity contribution < 1.29 is 15.1 Å². The lowest BCUT2D eigenvalue weighted by molar-refractivity contribution is -0.384. The van der Waals surface area contributed by atoms with Crippen molar-refractivity contribution in [1.29, 1.82) is 0 Å².